The van der Waals surface area contributed by atoms with Gasteiger partial charge in [0.1, 0.15) is 0 Å². The Morgan fingerprint density at radius 3 is 2.86 bits per heavy atom. The van der Waals surface area contributed by atoms with Gasteiger partial charge in [0.15, 0.2) is 0 Å². The summed E-state index contributed by atoms with van der Waals surface area (Å²) < 4.78 is 5.33. The van der Waals surface area contributed by atoms with Crippen LogP contribution in [-0.2, 0) is 4.74 Å². The first-order valence-corrected chi connectivity index (χ1v) is 5.48. The second-order valence-electron chi connectivity index (χ2n) is 4.65. The van der Waals surface area contributed by atoms with E-state index in [1.165, 1.54) is 5.57 Å². The molecular weight excluding hydrogens is 176 g/mol. The molecule has 1 fully saturated rings. The Morgan fingerprint density at radius 2 is 2.29 bits per heavy atom. The zero-order chi connectivity index (χ0) is 10.6. The predicted octanol–water partition coefficient (Wildman–Crippen LogP) is 2.52. The molecule has 0 aliphatic carbocycles. The van der Waals surface area contributed by atoms with E-state index in [0.717, 1.165) is 19.3 Å². The van der Waals surface area contributed by atoms with Gasteiger partial charge in [0.2, 0.25) is 0 Å². The Hall–Kier alpha value is -0.340. The van der Waals surface area contributed by atoms with Crippen LogP contribution in [0.1, 0.15) is 40.0 Å². The van der Waals surface area contributed by atoms with Crippen LogP contribution in [0.4, 0.5) is 0 Å². The highest BCUT2D eigenvalue weighted by molar-refractivity contribution is 4.96. The summed E-state index contributed by atoms with van der Waals surface area (Å²) >= 11 is 0. The van der Waals surface area contributed by atoms with Gasteiger partial charge in [0.05, 0.1) is 12.2 Å². The van der Waals surface area contributed by atoms with Crippen LogP contribution in [0.25, 0.3) is 0 Å². The fourth-order valence-corrected chi connectivity index (χ4v) is 1.89. The molecule has 2 heteroatoms. The molecule has 1 aliphatic heterocycles. The quantitative estimate of drug-likeness (QED) is 0.706. The molecule has 0 bridgehead atoms. The van der Waals surface area contributed by atoms with Gasteiger partial charge in [-0.25, -0.2) is 0 Å². The molecule has 14 heavy (non-hydrogen) atoms. The highest BCUT2D eigenvalue weighted by Crippen LogP contribution is 2.30. The maximum Gasteiger partial charge on any atom is 0.0720 e. The van der Waals surface area contributed by atoms with Gasteiger partial charge in [-0.1, -0.05) is 18.6 Å². The van der Waals surface area contributed by atoms with Gasteiger partial charge in [-0.3, -0.25) is 0 Å². The minimum Gasteiger partial charge on any atom is -0.389 e. The number of hydrogen-bond donors (Lipinski definition) is 1. The molecule has 0 aromatic heterocycles. The zero-order valence-corrected chi connectivity index (χ0v) is 9.55. The molecule has 82 valence electrons. The summed E-state index contributed by atoms with van der Waals surface area (Å²) in [5.74, 6) is 0.266. The Morgan fingerprint density at radius 1 is 1.57 bits per heavy atom. The average Bonchev–Trinajstić information content (AvgIpc) is 2.10. The number of rotatable bonds is 3. The van der Waals surface area contributed by atoms with Gasteiger partial charge in [-0.15, -0.1) is 0 Å². The molecule has 2 atom stereocenters. The van der Waals surface area contributed by atoms with Gasteiger partial charge in [-0.05, 0) is 33.1 Å². The third kappa shape index (κ3) is 3.10. The first-order valence-electron chi connectivity index (χ1n) is 5.48. The lowest BCUT2D eigenvalue weighted by Gasteiger charge is -2.37. The maximum atomic E-state index is 10.3. The molecule has 0 aromatic carbocycles. The van der Waals surface area contributed by atoms with E-state index in [0.29, 0.717) is 13.2 Å². The molecular formula is C12H22O2. The normalized spacial score (nSPS) is 32.7. The molecule has 1 aliphatic rings. The van der Waals surface area contributed by atoms with Gasteiger partial charge < -0.3 is 9.84 Å². The van der Waals surface area contributed by atoms with Crippen LogP contribution in [-0.4, -0.2) is 23.9 Å². The lowest BCUT2D eigenvalue weighted by Crippen LogP contribution is -2.43. The first kappa shape index (κ1) is 11.7. The Balaban J connectivity index is 2.43. The molecule has 2 unspecified atom stereocenters. The van der Waals surface area contributed by atoms with E-state index in [1.54, 1.807) is 0 Å². The Labute approximate surface area is 87.0 Å². The maximum absolute atomic E-state index is 10.3. The van der Waals surface area contributed by atoms with E-state index in [-0.39, 0.29) is 5.92 Å². The van der Waals surface area contributed by atoms with Crippen molar-refractivity contribution in [1.29, 1.82) is 0 Å². The second-order valence-corrected chi connectivity index (χ2v) is 4.65. The second kappa shape index (κ2) is 4.94. The molecule has 0 aromatic rings. The molecule has 2 nitrogen and oxygen atoms in total. The zero-order valence-electron chi connectivity index (χ0n) is 9.55. The summed E-state index contributed by atoms with van der Waals surface area (Å²) in [5, 5.41) is 10.3. The Bertz CT molecular complexity index is 206. The lowest BCUT2D eigenvalue weighted by molar-refractivity contribution is -0.109. The van der Waals surface area contributed by atoms with Crippen molar-refractivity contribution in [2.45, 2.75) is 45.6 Å². The minimum atomic E-state index is -0.496. The van der Waals surface area contributed by atoms with Gasteiger partial charge >= 0.3 is 0 Å². The number of aliphatic hydroxyl groups is 1. The van der Waals surface area contributed by atoms with E-state index in [4.69, 9.17) is 4.74 Å². The van der Waals surface area contributed by atoms with Gasteiger partial charge in [0.25, 0.3) is 0 Å². The lowest BCUT2D eigenvalue weighted by atomic mass is 9.81. The first-order chi connectivity index (χ1) is 6.54. The van der Waals surface area contributed by atoms with Crippen LogP contribution in [0, 0.1) is 5.92 Å². The summed E-state index contributed by atoms with van der Waals surface area (Å²) in [4.78, 5) is 0. The highest BCUT2D eigenvalue weighted by Gasteiger charge is 2.35. The van der Waals surface area contributed by atoms with E-state index in [1.807, 2.05) is 0 Å². The van der Waals surface area contributed by atoms with E-state index in [2.05, 4.69) is 26.8 Å². The van der Waals surface area contributed by atoms with Gasteiger partial charge in [0, 0.05) is 12.5 Å². The van der Waals surface area contributed by atoms with Crippen LogP contribution in [0.5, 0.6) is 0 Å². The fraction of sp³-hybridized carbons (Fsp3) is 0.833. The molecule has 1 N–H and O–H groups in total. The molecule has 1 saturated heterocycles. The van der Waals surface area contributed by atoms with E-state index in [9.17, 15) is 5.11 Å². The standard InChI is InChI=1S/C12H22O2/c1-10(2)5-4-6-12(13)7-8-14-9-11(12)3/h5,11,13H,4,6-9H2,1-3H3. The van der Waals surface area contributed by atoms with Crippen molar-refractivity contribution in [3.8, 4) is 0 Å². The van der Waals surface area contributed by atoms with Crippen molar-refractivity contribution in [3.05, 3.63) is 11.6 Å². The van der Waals surface area contributed by atoms with Crippen molar-refractivity contribution in [2.75, 3.05) is 13.2 Å². The number of hydrogen-bond acceptors (Lipinski definition) is 2. The van der Waals surface area contributed by atoms with Crippen LogP contribution < -0.4 is 0 Å². The van der Waals surface area contributed by atoms with Crippen molar-refractivity contribution in [3.63, 3.8) is 0 Å². The van der Waals surface area contributed by atoms with E-state index < -0.39 is 5.60 Å². The summed E-state index contributed by atoms with van der Waals surface area (Å²) in [6.45, 7) is 7.66. The Kier molecular flexibility index (Phi) is 4.14. The molecule has 1 heterocycles. The number of ether oxygens (including phenoxy) is 1. The monoisotopic (exact) mass is 198 g/mol. The van der Waals surface area contributed by atoms with Gasteiger partial charge in [-0.2, -0.15) is 0 Å². The van der Waals surface area contributed by atoms with Crippen LogP contribution in [0.3, 0.4) is 0 Å². The van der Waals surface area contributed by atoms with Crippen LogP contribution >= 0.6 is 0 Å². The highest BCUT2D eigenvalue weighted by atomic mass is 16.5. The van der Waals surface area contributed by atoms with Crippen LogP contribution in [0.15, 0.2) is 11.6 Å². The van der Waals surface area contributed by atoms with Crippen LogP contribution in [0.2, 0.25) is 0 Å². The average molecular weight is 198 g/mol. The topological polar surface area (TPSA) is 29.5 Å². The molecule has 0 spiro atoms. The fourth-order valence-electron chi connectivity index (χ4n) is 1.89. The van der Waals surface area contributed by atoms with Crippen molar-refractivity contribution in [1.82, 2.24) is 0 Å². The van der Waals surface area contributed by atoms with Crippen molar-refractivity contribution >= 4 is 0 Å². The summed E-state index contributed by atoms with van der Waals surface area (Å²) in [6.07, 6.45) is 4.82. The minimum absolute atomic E-state index is 0.266. The smallest absolute Gasteiger partial charge is 0.0720 e. The molecule has 1 rings (SSSR count). The largest absolute Gasteiger partial charge is 0.389 e. The third-order valence-corrected chi connectivity index (χ3v) is 3.09. The van der Waals surface area contributed by atoms with Crippen molar-refractivity contribution < 1.29 is 9.84 Å². The number of allylic oxidation sites excluding steroid dienone is 2. The molecule has 0 radical (unpaired) electrons. The SMILES string of the molecule is CC(C)=CCCC1(O)CCOCC1C. The third-order valence-electron chi connectivity index (χ3n) is 3.09. The van der Waals surface area contributed by atoms with Crippen molar-refractivity contribution in [2.24, 2.45) is 5.92 Å². The van der Waals surface area contributed by atoms with E-state index >= 15 is 0 Å². The summed E-state index contributed by atoms with van der Waals surface area (Å²) in [5.41, 5.74) is 0.831. The summed E-state index contributed by atoms with van der Waals surface area (Å²) in [7, 11) is 0. The molecule has 0 saturated carbocycles. The predicted molar refractivity (Wildman–Crippen MR) is 58.2 cm³/mol. The summed E-state index contributed by atoms with van der Waals surface area (Å²) in [6, 6.07) is 0. The molecule has 0 amide bonds.